The summed E-state index contributed by atoms with van der Waals surface area (Å²) in [5.74, 6) is 0. The van der Waals surface area contributed by atoms with Gasteiger partial charge in [0.15, 0.2) is 0 Å². The Morgan fingerprint density at radius 1 is 0.730 bits per heavy atom. The average Bonchev–Trinajstić information content (AvgIpc) is 2.77. The van der Waals surface area contributed by atoms with Crippen LogP contribution in [0.2, 0.25) is 0 Å². The molecule has 0 saturated heterocycles. The van der Waals surface area contributed by atoms with Crippen molar-refractivity contribution >= 4 is 20.8 Å². The summed E-state index contributed by atoms with van der Waals surface area (Å²) in [6, 6.07) is 5.72. The molecule has 1 heterocycles. The Hall–Kier alpha value is -2.19. The Labute approximate surface area is 222 Å². The van der Waals surface area contributed by atoms with E-state index in [9.17, 15) is 21.9 Å². The molecule has 12 heteroatoms. The first-order valence-electron chi connectivity index (χ1n) is 11.5. The Bertz CT molecular complexity index is 1000. The summed E-state index contributed by atoms with van der Waals surface area (Å²) in [5, 5.41) is 18.2. The predicted molar refractivity (Wildman–Crippen MR) is 145 cm³/mol. The zero-order valence-corrected chi connectivity index (χ0v) is 23.6. The van der Waals surface area contributed by atoms with E-state index in [0.29, 0.717) is 0 Å². The first kappa shape index (κ1) is 37.0. The summed E-state index contributed by atoms with van der Waals surface area (Å²) < 4.78 is 55.6. The lowest BCUT2D eigenvalue weighted by Crippen LogP contribution is -2.10. The Morgan fingerprint density at radius 2 is 1.22 bits per heavy atom. The van der Waals surface area contributed by atoms with Crippen molar-refractivity contribution in [1.82, 2.24) is 4.98 Å². The van der Waals surface area contributed by atoms with Crippen LogP contribution in [0.3, 0.4) is 0 Å². The topological polar surface area (TPSA) is 171 Å². The minimum atomic E-state index is -5.12. The van der Waals surface area contributed by atoms with E-state index in [1.165, 1.54) is 16.7 Å². The molecule has 0 radical (unpaired) electrons. The fourth-order valence-corrected chi connectivity index (χ4v) is 3.49. The molecule has 1 rings (SSSR count). The molecule has 0 aromatic carbocycles. The van der Waals surface area contributed by atoms with Gasteiger partial charge < -0.3 is 10.2 Å². The van der Waals surface area contributed by atoms with Gasteiger partial charge in [-0.05, 0) is 83.9 Å². The monoisotopic (exact) mass is 563 g/mol. The van der Waals surface area contributed by atoms with Gasteiger partial charge in [-0.1, -0.05) is 47.1 Å². The number of aliphatic hydroxyl groups is 2. The van der Waals surface area contributed by atoms with E-state index in [4.69, 9.17) is 14.2 Å². The maximum atomic E-state index is 9.44. The average molecular weight is 564 g/mol. The highest BCUT2D eigenvalue weighted by Crippen LogP contribution is 2.13. The second kappa shape index (κ2) is 21.9. The summed E-state index contributed by atoms with van der Waals surface area (Å²) in [6.07, 6.45) is 18.1. The summed E-state index contributed by atoms with van der Waals surface area (Å²) in [7, 11) is -10.2. The van der Waals surface area contributed by atoms with Gasteiger partial charge in [0, 0.05) is 12.4 Å². The molecule has 0 aliphatic rings. The molecule has 1 aromatic heterocycles. The molecule has 0 bridgehead atoms. The Balaban J connectivity index is 0. The van der Waals surface area contributed by atoms with Crippen molar-refractivity contribution in [2.45, 2.75) is 66.2 Å². The van der Waals surface area contributed by atoms with E-state index in [1.54, 1.807) is 12.4 Å². The van der Waals surface area contributed by atoms with Crippen LogP contribution in [0.5, 0.6) is 0 Å². The fraction of sp³-hybridized carbons (Fsp3) is 0.480. The standard InChI is InChI=1S/C20H34O2.C5H5N.H2O7S2/c1-17(2)8-5-9-18(3)10-6-12-20(16-22)13-7-11-19(4)14-15-21;1-2-4-6-5-3-1;1-8(2,3)7-9(4,5)6/h8,10,13-14,21-22H,5-7,9,11-12,15-16H2,1-4H3;1-5H;(H,1,2,3)(H,4,5,6). The SMILES string of the molecule is CC(C)=CCCC(C)=CCCC(=CCCC(C)=CCO)CO.O=S(=O)(O)OS(=O)(=O)O.c1ccncc1. The number of hydrogen-bond acceptors (Lipinski definition) is 8. The van der Waals surface area contributed by atoms with Gasteiger partial charge in [-0.25, -0.2) is 0 Å². The van der Waals surface area contributed by atoms with Crippen molar-refractivity contribution in [1.29, 1.82) is 0 Å². The van der Waals surface area contributed by atoms with Crippen LogP contribution in [-0.2, 0) is 24.4 Å². The van der Waals surface area contributed by atoms with Crippen LogP contribution in [0.1, 0.15) is 66.2 Å². The molecule has 0 atom stereocenters. The van der Waals surface area contributed by atoms with Crippen LogP contribution >= 0.6 is 0 Å². The first-order chi connectivity index (χ1) is 17.2. The van der Waals surface area contributed by atoms with E-state index < -0.39 is 20.8 Å². The number of aromatic nitrogens is 1. The van der Waals surface area contributed by atoms with E-state index >= 15 is 0 Å². The molecular formula is C25H41NO9S2. The van der Waals surface area contributed by atoms with Gasteiger partial charge in [-0.2, -0.15) is 16.8 Å². The van der Waals surface area contributed by atoms with Crippen LogP contribution in [-0.4, -0.2) is 54.4 Å². The second-order valence-corrected chi connectivity index (χ2v) is 10.4. The molecule has 0 spiro atoms. The third kappa shape index (κ3) is 31.8. The molecule has 4 N–H and O–H groups in total. The lowest BCUT2D eigenvalue weighted by atomic mass is 10.0. The zero-order chi connectivity index (χ0) is 28.7. The van der Waals surface area contributed by atoms with Gasteiger partial charge in [-0.3, -0.25) is 14.1 Å². The van der Waals surface area contributed by atoms with Crippen molar-refractivity contribution in [3.63, 3.8) is 0 Å². The summed E-state index contributed by atoms with van der Waals surface area (Å²) in [6.45, 7) is 8.74. The molecule has 0 saturated carbocycles. The minimum absolute atomic E-state index is 0.110. The largest absolute Gasteiger partial charge is 0.413 e. The summed E-state index contributed by atoms with van der Waals surface area (Å²) in [5.41, 5.74) is 5.12. The van der Waals surface area contributed by atoms with E-state index in [2.05, 4.69) is 47.6 Å². The molecule has 0 aliphatic heterocycles. The van der Waals surface area contributed by atoms with Crippen LogP contribution in [0.25, 0.3) is 0 Å². The summed E-state index contributed by atoms with van der Waals surface area (Å²) >= 11 is 0. The zero-order valence-electron chi connectivity index (χ0n) is 21.9. The van der Waals surface area contributed by atoms with Crippen molar-refractivity contribution < 1.29 is 39.8 Å². The maximum Gasteiger partial charge on any atom is 0.413 e. The number of hydrogen-bond donors (Lipinski definition) is 4. The van der Waals surface area contributed by atoms with Gasteiger partial charge in [0.25, 0.3) is 0 Å². The molecule has 1 aromatic rings. The molecule has 10 nitrogen and oxygen atoms in total. The molecule has 0 fully saturated rings. The van der Waals surface area contributed by atoms with Crippen molar-refractivity contribution in [2.24, 2.45) is 0 Å². The molecular weight excluding hydrogens is 522 g/mol. The molecule has 212 valence electrons. The molecule has 37 heavy (non-hydrogen) atoms. The number of rotatable bonds is 13. The van der Waals surface area contributed by atoms with Crippen LogP contribution in [0.4, 0.5) is 0 Å². The normalized spacial score (nSPS) is 12.6. The molecule has 0 aliphatic carbocycles. The Kier molecular flexibility index (Phi) is 21.8. The van der Waals surface area contributed by atoms with Gasteiger partial charge in [0.1, 0.15) is 0 Å². The third-order valence-electron chi connectivity index (χ3n) is 4.40. The fourth-order valence-electron chi connectivity index (χ4n) is 2.62. The highest BCUT2D eigenvalue weighted by molar-refractivity contribution is 7.94. The number of nitrogens with zero attached hydrogens (tertiary/aromatic N) is 1. The van der Waals surface area contributed by atoms with E-state index in [0.717, 1.165) is 44.1 Å². The van der Waals surface area contributed by atoms with Gasteiger partial charge in [0.2, 0.25) is 0 Å². The quantitative estimate of drug-likeness (QED) is 0.193. The predicted octanol–water partition coefficient (Wildman–Crippen LogP) is 4.79. The van der Waals surface area contributed by atoms with Crippen molar-refractivity contribution in [3.05, 3.63) is 77.2 Å². The number of pyridine rings is 1. The van der Waals surface area contributed by atoms with Crippen LogP contribution in [0, 0.1) is 0 Å². The number of aliphatic hydroxyl groups excluding tert-OH is 2. The first-order valence-corrected chi connectivity index (χ1v) is 14.3. The highest BCUT2D eigenvalue weighted by Gasteiger charge is 2.15. The van der Waals surface area contributed by atoms with Crippen LogP contribution in [0.15, 0.2) is 77.2 Å². The minimum Gasteiger partial charge on any atom is -0.392 e. The second-order valence-electron chi connectivity index (χ2n) is 8.15. The lowest BCUT2D eigenvalue weighted by molar-refractivity contribution is 0.326. The Morgan fingerprint density at radius 3 is 1.57 bits per heavy atom. The van der Waals surface area contributed by atoms with Gasteiger partial charge in [-0.15, -0.1) is 3.63 Å². The van der Waals surface area contributed by atoms with Crippen molar-refractivity contribution in [2.75, 3.05) is 13.2 Å². The highest BCUT2D eigenvalue weighted by atomic mass is 32.3. The van der Waals surface area contributed by atoms with Gasteiger partial charge >= 0.3 is 20.8 Å². The maximum absolute atomic E-state index is 9.44. The van der Waals surface area contributed by atoms with E-state index in [-0.39, 0.29) is 13.2 Å². The van der Waals surface area contributed by atoms with E-state index in [1.807, 2.05) is 31.2 Å². The number of allylic oxidation sites excluding steroid dienone is 6. The summed E-state index contributed by atoms with van der Waals surface area (Å²) in [4.78, 5) is 3.78. The van der Waals surface area contributed by atoms with Crippen molar-refractivity contribution in [3.8, 4) is 0 Å². The molecule has 0 unspecified atom stereocenters. The smallest absolute Gasteiger partial charge is 0.392 e. The lowest BCUT2D eigenvalue weighted by Gasteiger charge is -2.04. The third-order valence-corrected chi connectivity index (χ3v) is 5.78. The van der Waals surface area contributed by atoms with Crippen LogP contribution < -0.4 is 0 Å². The van der Waals surface area contributed by atoms with Gasteiger partial charge in [0.05, 0.1) is 13.2 Å². The molecule has 0 amide bonds.